The van der Waals surface area contributed by atoms with Crippen molar-refractivity contribution in [3.8, 4) is 0 Å². The van der Waals surface area contributed by atoms with Crippen LogP contribution in [-0.4, -0.2) is 11.9 Å². The summed E-state index contributed by atoms with van der Waals surface area (Å²) in [5, 5.41) is 3.25. The molecule has 2 atom stereocenters. The smallest absolute Gasteiger partial charge is 0.230 e. The molecule has 0 spiro atoms. The van der Waals surface area contributed by atoms with E-state index in [1.165, 1.54) is 12.8 Å². The maximum absolute atomic E-state index is 12.5. The molecule has 1 fully saturated rings. The average molecular weight is 259 g/mol. The van der Waals surface area contributed by atoms with Crippen molar-refractivity contribution in [2.45, 2.75) is 57.9 Å². The van der Waals surface area contributed by atoms with Crippen molar-refractivity contribution in [1.29, 1.82) is 0 Å². The Labute approximate surface area is 116 Å². The SMILES string of the molecule is CC1CCCC(NC(=O)C(C)(C)c2ccccc2)C1. The van der Waals surface area contributed by atoms with E-state index in [2.05, 4.69) is 12.2 Å². The van der Waals surface area contributed by atoms with Crippen molar-refractivity contribution in [3.63, 3.8) is 0 Å². The van der Waals surface area contributed by atoms with Crippen LogP contribution in [0.4, 0.5) is 0 Å². The third-order valence-corrected chi connectivity index (χ3v) is 4.33. The van der Waals surface area contributed by atoms with Crippen LogP contribution in [0.5, 0.6) is 0 Å². The van der Waals surface area contributed by atoms with Crippen molar-refractivity contribution >= 4 is 5.91 Å². The van der Waals surface area contributed by atoms with Gasteiger partial charge in [0.1, 0.15) is 0 Å². The summed E-state index contributed by atoms with van der Waals surface area (Å²) in [5.74, 6) is 0.886. The Hall–Kier alpha value is -1.31. The van der Waals surface area contributed by atoms with Crippen LogP contribution in [0.2, 0.25) is 0 Å². The molecule has 19 heavy (non-hydrogen) atoms. The molecule has 1 amide bonds. The molecular formula is C17H25NO. The average Bonchev–Trinajstić information content (AvgIpc) is 2.39. The highest BCUT2D eigenvalue weighted by Crippen LogP contribution is 2.27. The highest BCUT2D eigenvalue weighted by atomic mass is 16.2. The molecule has 0 aliphatic heterocycles. The van der Waals surface area contributed by atoms with E-state index in [1.54, 1.807) is 0 Å². The molecule has 2 rings (SSSR count). The van der Waals surface area contributed by atoms with Crippen LogP contribution in [0, 0.1) is 5.92 Å². The van der Waals surface area contributed by atoms with Crippen LogP contribution in [0.25, 0.3) is 0 Å². The van der Waals surface area contributed by atoms with Gasteiger partial charge in [-0.3, -0.25) is 4.79 Å². The fraction of sp³-hybridized carbons (Fsp3) is 0.588. The number of carbonyl (C=O) groups excluding carboxylic acids is 1. The second-order valence-electron chi connectivity index (χ2n) is 6.43. The van der Waals surface area contributed by atoms with Crippen molar-refractivity contribution in [1.82, 2.24) is 5.32 Å². The van der Waals surface area contributed by atoms with Crippen LogP contribution in [0.1, 0.15) is 52.0 Å². The Morgan fingerprint density at radius 3 is 2.53 bits per heavy atom. The molecule has 1 aliphatic rings. The van der Waals surface area contributed by atoms with Crippen molar-refractivity contribution in [3.05, 3.63) is 35.9 Å². The van der Waals surface area contributed by atoms with E-state index in [9.17, 15) is 4.79 Å². The van der Waals surface area contributed by atoms with E-state index in [1.807, 2.05) is 44.2 Å². The predicted molar refractivity (Wildman–Crippen MR) is 79.0 cm³/mol. The van der Waals surface area contributed by atoms with E-state index in [0.29, 0.717) is 6.04 Å². The second-order valence-corrected chi connectivity index (χ2v) is 6.43. The zero-order valence-electron chi connectivity index (χ0n) is 12.3. The number of carbonyl (C=O) groups is 1. The lowest BCUT2D eigenvalue weighted by atomic mass is 9.82. The first-order chi connectivity index (χ1) is 9.00. The second kappa shape index (κ2) is 5.77. The minimum atomic E-state index is -0.456. The van der Waals surface area contributed by atoms with Crippen molar-refractivity contribution < 1.29 is 4.79 Å². The van der Waals surface area contributed by atoms with Crippen LogP contribution in [0.15, 0.2) is 30.3 Å². The van der Waals surface area contributed by atoms with Gasteiger partial charge in [0, 0.05) is 6.04 Å². The molecule has 0 bridgehead atoms. The summed E-state index contributed by atoms with van der Waals surface area (Å²) in [6, 6.07) is 10.4. The Morgan fingerprint density at radius 1 is 1.21 bits per heavy atom. The molecule has 2 unspecified atom stereocenters. The molecule has 0 heterocycles. The standard InChI is InChI=1S/C17H25NO/c1-13-8-7-11-15(12-13)18-16(19)17(2,3)14-9-5-4-6-10-14/h4-6,9-10,13,15H,7-8,11-12H2,1-3H3,(H,18,19). The van der Waals surface area contributed by atoms with E-state index < -0.39 is 5.41 Å². The summed E-state index contributed by atoms with van der Waals surface area (Å²) >= 11 is 0. The van der Waals surface area contributed by atoms with Crippen LogP contribution >= 0.6 is 0 Å². The van der Waals surface area contributed by atoms with Gasteiger partial charge < -0.3 is 5.32 Å². The molecule has 2 heteroatoms. The Kier molecular flexibility index (Phi) is 4.28. The maximum Gasteiger partial charge on any atom is 0.230 e. The molecule has 1 saturated carbocycles. The normalized spacial score (nSPS) is 23.9. The molecule has 1 aliphatic carbocycles. The summed E-state index contributed by atoms with van der Waals surface area (Å²) in [4.78, 5) is 12.5. The van der Waals surface area contributed by atoms with E-state index in [0.717, 1.165) is 24.3 Å². The zero-order chi connectivity index (χ0) is 13.9. The molecule has 104 valence electrons. The molecule has 0 aromatic heterocycles. The van der Waals surface area contributed by atoms with E-state index in [-0.39, 0.29) is 5.91 Å². The monoisotopic (exact) mass is 259 g/mol. The first kappa shape index (κ1) is 14.1. The van der Waals surface area contributed by atoms with Gasteiger partial charge in [0.25, 0.3) is 0 Å². The third-order valence-electron chi connectivity index (χ3n) is 4.33. The molecule has 1 N–H and O–H groups in total. The fourth-order valence-electron chi connectivity index (χ4n) is 2.92. The minimum absolute atomic E-state index is 0.151. The quantitative estimate of drug-likeness (QED) is 0.882. The van der Waals surface area contributed by atoms with Gasteiger partial charge in [-0.05, 0) is 38.2 Å². The summed E-state index contributed by atoms with van der Waals surface area (Å²) in [6.45, 7) is 6.29. The molecule has 2 nitrogen and oxygen atoms in total. The van der Waals surface area contributed by atoms with Crippen molar-refractivity contribution in [2.24, 2.45) is 5.92 Å². The first-order valence-corrected chi connectivity index (χ1v) is 7.36. The molecule has 0 saturated heterocycles. The number of nitrogens with one attached hydrogen (secondary N) is 1. The number of benzene rings is 1. The largest absolute Gasteiger partial charge is 0.353 e. The molecule has 1 aromatic carbocycles. The van der Waals surface area contributed by atoms with Gasteiger partial charge in [0.2, 0.25) is 5.91 Å². The van der Waals surface area contributed by atoms with Crippen LogP contribution in [0.3, 0.4) is 0 Å². The number of hydrogen-bond acceptors (Lipinski definition) is 1. The van der Waals surface area contributed by atoms with Gasteiger partial charge in [0.05, 0.1) is 5.41 Å². The lowest BCUT2D eigenvalue weighted by Gasteiger charge is -2.31. The Balaban J connectivity index is 2.02. The fourth-order valence-corrected chi connectivity index (χ4v) is 2.92. The molecule has 1 aromatic rings. The highest BCUT2D eigenvalue weighted by molar-refractivity contribution is 5.87. The van der Waals surface area contributed by atoms with E-state index in [4.69, 9.17) is 0 Å². The Morgan fingerprint density at radius 2 is 1.89 bits per heavy atom. The maximum atomic E-state index is 12.5. The van der Waals surface area contributed by atoms with Crippen LogP contribution < -0.4 is 5.32 Å². The topological polar surface area (TPSA) is 29.1 Å². The summed E-state index contributed by atoms with van der Waals surface area (Å²) in [5.41, 5.74) is 0.624. The third kappa shape index (κ3) is 3.37. The van der Waals surface area contributed by atoms with Gasteiger partial charge in [-0.25, -0.2) is 0 Å². The summed E-state index contributed by atoms with van der Waals surface area (Å²) in [7, 11) is 0. The zero-order valence-corrected chi connectivity index (χ0v) is 12.3. The van der Waals surface area contributed by atoms with Gasteiger partial charge in [0.15, 0.2) is 0 Å². The van der Waals surface area contributed by atoms with Gasteiger partial charge in [-0.2, -0.15) is 0 Å². The van der Waals surface area contributed by atoms with Crippen molar-refractivity contribution in [2.75, 3.05) is 0 Å². The Bertz CT molecular complexity index is 424. The molecular weight excluding hydrogens is 234 g/mol. The van der Waals surface area contributed by atoms with Gasteiger partial charge in [-0.1, -0.05) is 50.1 Å². The van der Waals surface area contributed by atoms with Crippen LogP contribution in [-0.2, 0) is 10.2 Å². The first-order valence-electron chi connectivity index (χ1n) is 7.36. The highest BCUT2D eigenvalue weighted by Gasteiger charge is 2.31. The summed E-state index contributed by atoms with van der Waals surface area (Å²) < 4.78 is 0. The molecule has 0 radical (unpaired) electrons. The lowest BCUT2D eigenvalue weighted by Crippen LogP contribution is -2.46. The minimum Gasteiger partial charge on any atom is -0.353 e. The predicted octanol–water partition coefficient (Wildman–Crippen LogP) is 3.66. The number of amides is 1. The number of rotatable bonds is 3. The number of hydrogen-bond donors (Lipinski definition) is 1. The summed E-state index contributed by atoms with van der Waals surface area (Å²) in [6.07, 6.45) is 4.78. The lowest BCUT2D eigenvalue weighted by molar-refractivity contribution is -0.126. The van der Waals surface area contributed by atoms with E-state index >= 15 is 0 Å². The van der Waals surface area contributed by atoms with Gasteiger partial charge >= 0.3 is 0 Å². The van der Waals surface area contributed by atoms with Gasteiger partial charge in [-0.15, -0.1) is 0 Å².